The first-order chi connectivity index (χ1) is 11.0. The van der Waals surface area contributed by atoms with E-state index in [0.717, 1.165) is 12.2 Å². The van der Waals surface area contributed by atoms with E-state index in [1.54, 1.807) is 6.20 Å². The number of hydrogen-bond acceptors (Lipinski definition) is 5. The van der Waals surface area contributed by atoms with Crippen molar-refractivity contribution in [2.75, 3.05) is 6.54 Å². The maximum absolute atomic E-state index is 5.28. The van der Waals surface area contributed by atoms with Crippen LogP contribution in [0.15, 0.2) is 33.9 Å². The summed E-state index contributed by atoms with van der Waals surface area (Å²) in [5.41, 5.74) is 0.766. The van der Waals surface area contributed by atoms with Gasteiger partial charge in [-0.05, 0) is 19.1 Å². The number of halogens is 1. The molecule has 0 aliphatic heterocycles. The van der Waals surface area contributed by atoms with Gasteiger partial charge in [0.05, 0.1) is 18.8 Å². The first kappa shape index (κ1) is 20.3. The van der Waals surface area contributed by atoms with Crippen LogP contribution in [0.25, 0.3) is 0 Å². The molecule has 0 aliphatic rings. The smallest absolute Gasteiger partial charge is 0.232 e. The minimum atomic E-state index is -0.150. The molecule has 24 heavy (non-hydrogen) atoms. The minimum absolute atomic E-state index is 0. The van der Waals surface area contributed by atoms with Crippen LogP contribution < -0.4 is 10.6 Å². The molecule has 2 aromatic heterocycles. The third kappa shape index (κ3) is 6.42. The second-order valence-electron chi connectivity index (χ2n) is 6.14. The average Bonchev–Trinajstić information content (AvgIpc) is 3.00. The summed E-state index contributed by atoms with van der Waals surface area (Å²) in [6.45, 7) is 9.86. The van der Waals surface area contributed by atoms with E-state index in [1.807, 2.05) is 45.9 Å². The summed E-state index contributed by atoms with van der Waals surface area (Å²) in [4.78, 5) is 13.2. The van der Waals surface area contributed by atoms with Gasteiger partial charge in [-0.15, -0.1) is 24.0 Å². The quantitative estimate of drug-likeness (QED) is 0.419. The lowest BCUT2D eigenvalue weighted by Gasteiger charge is -2.11. The molecule has 0 fully saturated rings. The molecular formula is C16H25IN6O. The van der Waals surface area contributed by atoms with Crippen molar-refractivity contribution in [1.82, 2.24) is 25.8 Å². The molecular weight excluding hydrogens is 419 g/mol. The highest BCUT2D eigenvalue weighted by atomic mass is 127. The molecule has 0 atom stereocenters. The first-order valence-electron chi connectivity index (χ1n) is 7.74. The molecule has 0 amide bonds. The Bertz CT molecular complexity index is 636. The van der Waals surface area contributed by atoms with E-state index in [1.165, 1.54) is 0 Å². The second kappa shape index (κ2) is 9.55. The van der Waals surface area contributed by atoms with E-state index in [2.05, 4.69) is 30.8 Å². The molecule has 2 aromatic rings. The Kier molecular flexibility index (Phi) is 8.09. The lowest BCUT2D eigenvalue weighted by molar-refractivity contribution is 0.318. The van der Waals surface area contributed by atoms with Crippen molar-refractivity contribution < 1.29 is 4.52 Å². The fourth-order valence-corrected chi connectivity index (χ4v) is 1.79. The van der Waals surface area contributed by atoms with Crippen LogP contribution in [0, 0.1) is 0 Å². The van der Waals surface area contributed by atoms with Gasteiger partial charge in [-0.2, -0.15) is 4.98 Å². The van der Waals surface area contributed by atoms with Crippen LogP contribution >= 0.6 is 24.0 Å². The summed E-state index contributed by atoms with van der Waals surface area (Å²) in [6.07, 6.45) is 1.76. The van der Waals surface area contributed by atoms with Crippen molar-refractivity contribution in [3.63, 3.8) is 0 Å². The van der Waals surface area contributed by atoms with Gasteiger partial charge in [0.2, 0.25) is 5.89 Å². The SMILES string of the molecule is CCNC(=NCc1ccccn1)NCc1noc(C(C)(C)C)n1.I. The van der Waals surface area contributed by atoms with Crippen LogP contribution in [0.4, 0.5) is 0 Å². The van der Waals surface area contributed by atoms with Gasteiger partial charge in [-0.25, -0.2) is 4.99 Å². The highest BCUT2D eigenvalue weighted by Crippen LogP contribution is 2.19. The predicted octanol–water partition coefficient (Wildman–Crippen LogP) is 2.64. The Balaban J connectivity index is 0.00000288. The van der Waals surface area contributed by atoms with Crippen molar-refractivity contribution in [2.24, 2.45) is 4.99 Å². The maximum Gasteiger partial charge on any atom is 0.232 e. The van der Waals surface area contributed by atoms with E-state index in [4.69, 9.17) is 4.52 Å². The number of nitrogens with one attached hydrogen (secondary N) is 2. The van der Waals surface area contributed by atoms with E-state index in [9.17, 15) is 0 Å². The third-order valence-corrected chi connectivity index (χ3v) is 2.99. The van der Waals surface area contributed by atoms with Crippen LogP contribution in [0.5, 0.6) is 0 Å². The molecule has 132 valence electrons. The Morgan fingerprint density at radius 1 is 1.25 bits per heavy atom. The highest BCUT2D eigenvalue weighted by Gasteiger charge is 2.21. The molecule has 0 spiro atoms. The van der Waals surface area contributed by atoms with Crippen LogP contribution in [0.1, 0.15) is 45.1 Å². The van der Waals surface area contributed by atoms with Crippen molar-refractivity contribution >= 4 is 29.9 Å². The lowest BCUT2D eigenvalue weighted by Crippen LogP contribution is -2.37. The van der Waals surface area contributed by atoms with Gasteiger partial charge in [-0.1, -0.05) is 32.0 Å². The van der Waals surface area contributed by atoms with Crippen LogP contribution in [0.3, 0.4) is 0 Å². The summed E-state index contributed by atoms with van der Waals surface area (Å²) >= 11 is 0. The zero-order valence-corrected chi connectivity index (χ0v) is 16.9. The number of nitrogens with zero attached hydrogens (tertiary/aromatic N) is 4. The van der Waals surface area contributed by atoms with Gasteiger partial charge in [0.1, 0.15) is 0 Å². The molecule has 7 nitrogen and oxygen atoms in total. The van der Waals surface area contributed by atoms with E-state index >= 15 is 0 Å². The molecule has 8 heteroatoms. The van der Waals surface area contributed by atoms with E-state index in [0.29, 0.717) is 30.8 Å². The van der Waals surface area contributed by atoms with Crippen molar-refractivity contribution in [3.8, 4) is 0 Å². The average molecular weight is 444 g/mol. The third-order valence-electron chi connectivity index (χ3n) is 2.99. The standard InChI is InChI=1S/C16H24N6O.HI/c1-5-17-15(19-10-12-8-6-7-9-18-12)20-11-13-21-14(23-22-13)16(2,3)4;/h6-9H,5,10-11H2,1-4H3,(H2,17,19,20);1H. The van der Waals surface area contributed by atoms with Crippen molar-refractivity contribution in [3.05, 3.63) is 41.8 Å². The zero-order chi connectivity index (χ0) is 16.7. The zero-order valence-electron chi connectivity index (χ0n) is 14.5. The number of aliphatic imine (C=N–C) groups is 1. The Morgan fingerprint density at radius 3 is 2.62 bits per heavy atom. The first-order valence-corrected chi connectivity index (χ1v) is 7.74. The summed E-state index contributed by atoms with van der Waals surface area (Å²) in [7, 11) is 0. The Hall–Kier alpha value is -1.71. The number of aromatic nitrogens is 3. The molecule has 0 saturated heterocycles. The van der Waals surface area contributed by atoms with Gasteiger partial charge in [0.25, 0.3) is 0 Å². The summed E-state index contributed by atoms with van der Waals surface area (Å²) in [5.74, 6) is 1.93. The van der Waals surface area contributed by atoms with Crippen LogP contribution in [-0.4, -0.2) is 27.6 Å². The fourth-order valence-electron chi connectivity index (χ4n) is 1.79. The van der Waals surface area contributed by atoms with Gasteiger partial charge >= 0.3 is 0 Å². The Labute approximate surface area is 159 Å². The largest absolute Gasteiger partial charge is 0.357 e. The van der Waals surface area contributed by atoms with Crippen molar-refractivity contribution in [1.29, 1.82) is 0 Å². The van der Waals surface area contributed by atoms with E-state index < -0.39 is 0 Å². The molecule has 0 saturated carbocycles. The summed E-state index contributed by atoms with van der Waals surface area (Å²) in [5, 5.41) is 10.4. The molecule has 2 heterocycles. The molecule has 0 bridgehead atoms. The predicted molar refractivity (Wildman–Crippen MR) is 104 cm³/mol. The van der Waals surface area contributed by atoms with Gasteiger partial charge < -0.3 is 15.2 Å². The monoisotopic (exact) mass is 444 g/mol. The van der Waals surface area contributed by atoms with Gasteiger partial charge in [-0.3, -0.25) is 4.98 Å². The molecule has 0 aromatic carbocycles. The van der Waals surface area contributed by atoms with E-state index in [-0.39, 0.29) is 29.4 Å². The Morgan fingerprint density at radius 2 is 2.04 bits per heavy atom. The van der Waals surface area contributed by atoms with Gasteiger partial charge in [0.15, 0.2) is 11.8 Å². The maximum atomic E-state index is 5.28. The normalized spacial score (nSPS) is 11.8. The minimum Gasteiger partial charge on any atom is -0.357 e. The summed E-state index contributed by atoms with van der Waals surface area (Å²) < 4.78 is 5.28. The molecule has 0 aliphatic carbocycles. The number of hydrogen-bond donors (Lipinski definition) is 2. The second-order valence-corrected chi connectivity index (χ2v) is 6.14. The number of rotatable bonds is 5. The lowest BCUT2D eigenvalue weighted by atomic mass is 9.97. The van der Waals surface area contributed by atoms with Crippen molar-refractivity contribution in [2.45, 2.75) is 46.2 Å². The molecule has 0 radical (unpaired) electrons. The van der Waals surface area contributed by atoms with Crippen LogP contribution in [0.2, 0.25) is 0 Å². The number of pyridine rings is 1. The highest BCUT2D eigenvalue weighted by molar-refractivity contribution is 14.0. The van der Waals surface area contributed by atoms with Crippen LogP contribution in [-0.2, 0) is 18.5 Å². The fraction of sp³-hybridized carbons (Fsp3) is 0.500. The molecule has 2 N–H and O–H groups in total. The number of guanidine groups is 1. The topological polar surface area (TPSA) is 88.2 Å². The summed E-state index contributed by atoms with van der Waals surface area (Å²) in [6, 6.07) is 5.78. The molecule has 0 unspecified atom stereocenters. The van der Waals surface area contributed by atoms with Gasteiger partial charge in [0, 0.05) is 18.2 Å². The molecule has 2 rings (SSSR count).